The van der Waals surface area contributed by atoms with Gasteiger partial charge < -0.3 is 10.5 Å². The highest BCUT2D eigenvalue weighted by Crippen LogP contribution is 2.13. The minimum absolute atomic E-state index is 0.0221. The summed E-state index contributed by atoms with van der Waals surface area (Å²) in [5.41, 5.74) is 7.33. The minimum Gasteiger partial charge on any atom is -0.376 e. The molecule has 5 heteroatoms. The van der Waals surface area contributed by atoms with E-state index in [1.54, 1.807) is 0 Å². The third kappa shape index (κ3) is 4.76. The number of hydrogen-bond donors (Lipinski definition) is 1. The van der Waals surface area contributed by atoms with Crippen molar-refractivity contribution in [2.45, 2.75) is 25.7 Å². The van der Waals surface area contributed by atoms with Gasteiger partial charge in [0.2, 0.25) is 0 Å². The molecule has 2 N–H and O–H groups in total. The number of sulfone groups is 1. The van der Waals surface area contributed by atoms with Crippen LogP contribution in [-0.4, -0.2) is 33.4 Å². The molecular formula is C13H21NO3S. The maximum atomic E-state index is 12.1. The lowest BCUT2D eigenvalue weighted by Gasteiger charge is -2.15. The summed E-state index contributed by atoms with van der Waals surface area (Å²) in [5, 5.41) is 0. The van der Waals surface area contributed by atoms with Crippen molar-refractivity contribution in [2.24, 2.45) is 5.73 Å². The molecule has 4 nitrogen and oxygen atoms in total. The van der Waals surface area contributed by atoms with Gasteiger partial charge in [0, 0.05) is 13.2 Å². The quantitative estimate of drug-likeness (QED) is 0.811. The fraction of sp³-hybridized carbons (Fsp3) is 0.538. The second-order valence-corrected chi connectivity index (χ2v) is 6.40. The van der Waals surface area contributed by atoms with Gasteiger partial charge >= 0.3 is 0 Å². The zero-order valence-corrected chi connectivity index (χ0v) is 11.7. The Morgan fingerprint density at radius 1 is 1.33 bits per heavy atom. The zero-order chi connectivity index (χ0) is 13.6. The van der Waals surface area contributed by atoms with Gasteiger partial charge in [0.25, 0.3) is 0 Å². The maximum absolute atomic E-state index is 12.1. The summed E-state index contributed by atoms with van der Waals surface area (Å²) in [6.07, 6.45) is -0.413. The van der Waals surface area contributed by atoms with Crippen LogP contribution in [-0.2, 0) is 20.3 Å². The minimum atomic E-state index is -3.20. The lowest BCUT2D eigenvalue weighted by atomic mass is 10.1. The van der Waals surface area contributed by atoms with Crippen molar-refractivity contribution in [3.05, 3.63) is 35.4 Å². The first-order valence-electron chi connectivity index (χ1n) is 6.05. The van der Waals surface area contributed by atoms with Crippen molar-refractivity contribution < 1.29 is 13.2 Å². The van der Waals surface area contributed by atoms with Gasteiger partial charge in [0.15, 0.2) is 9.84 Å². The van der Waals surface area contributed by atoms with Crippen LogP contribution in [0.25, 0.3) is 0 Å². The van der Waals surface area contributed by atoms with E-state index in [9.17, 15) is 8.42 Å². The molecule has 0 radical (unpaired) electrons. The Kier molecular flexibility index (Phi) is 5.78. The average molecular weight is 271 g/mol. The van der Waals surface area contributed by atoms with Crippen molar-refractivity contribution in [1.82, 2.24) is 0 Å². The summed E-state index contributed by atoms with van der Waals surface area (Å²) in [6, 6.07) is 7.49. The van der Waals surface area contributed by atoms with Crippen molar-refractivity contribution in [3.8, 4) is 0 Å². The molecule has 1 aromatic carbocycles. The van der Waals surface area contributed by atoms with E-state index in [0.29, 0.717) is 6.61 Å². The molecule has 18 heavy (non-hydrogen) atoms. The van der Waals surface area contributed by atoms with Crippen LogP contribution in [0.15, 0.2) is 24.3 Å². The Balaban J connectivity index is 2.73. The fourth-order valence-corrected chi connectivity index (χ4v) is 3.49. The summed E-state index contributed by atoms with van der Waals surface area (Å²) in [4.78, 5) is 0. The molecule has 0 aliphatic carbocycles. The van der Waals surface area contributed by atoms with Gasteiger partial charge in [-0.15, -0.1) is 0 Å². The third-order valence-corrected chi connectivity index (χ3v) is 4.37. The summed E-state index contributed by atoms with van der Waals surface area (Å²) in [6.45, 7) is 4.44. The van der Waals surface area contributed by atoms with E-state index in [1.165, 1.54) is 0 Å². The number of aryl methyl sites for hydroxylation is 1. The molecule has 0 saturated carbocycles. The van der Waals surface area contributed by atoms with Crippen molar-refractivity contribution in [1.29, 1.82) is 0 Å². The second-order valence-electron chi connectivity index (χ2n) is 4.29. The Morgan fingerprint density at radius 3 is 2.56 bits per heavy atom. The SMILES string of the molecule is CCOC(CN)CS(=O)(=O)Cc1ccccc1C. The highest BCUT2D eigenvalue weighted by Gasteiger charge is 2.19. The molecule has 0 bridgehead atoms. The van der Waals surface area contributed by atoms with Crippen LogP contribution in [0.1, 0.15) is 18.1 Å². The van der Waals surface area contributed by atoms with E-state index in [1.807, 2.05) is 38.1 Å². The lowest BCUT2D eigenvalue weighted by molar-refractivity contribution is 0.0846. The van der Waals surface area contributed by atoms with Crippen LogP contribution in [0.2, 0.25) is 0 Å². The van der Waals surface area contributed by atoms with Crippen LogP contribution in [0.5, 0.6) is 0 Å². The molecular weight excluding hydrogens is 250 g/mol. The van der Waals surface area contributed by atoms with Gasteiger partial charge in [-0.25, -0.2) is 8.42 Å². The molecule has 1 atom stereocenters. The molecule has 0 saturated heterocycles. The lowest BCUT2D eigenvalue weighted by Crippen LogP contribution is -2.32. The normalized spacial score (nSPS) is 13.5. The van der Waals surface area contributed by atoms with Crippen LogP contribution in [0.4, 0.5) is 0 Å². The van der Waals surface area contributed by atoms with Crippen LogP contribution >= 0.6 is 0 Å². The largest absolute Gasteiger partial charge is 0.376 e. The third-order valence-electron chi connectivity index (χ3n) is 2.74. The molecule has 1 rings (SSSR count). The summed E-state index contributed by atoms with van der Waals surface area (Å²) >= 11 is 0. The number of nitrogens with two attached hydrogens (primary N) is 1. The van der Waals surface area contributed by atoms with Crippen molar-refractivity contribution in [3.63, 3.8) is 0 Å². The first kappa shape index (κ1) is 15.1. The Bertz CT molecular complexity index is 471. The van der Waals surface area contributed by atoms with Gasteiger partial charge in [0.05, 0.1) is 17.6 Å². The zero-order valence-electron chi connectivity index (χ0n) is 10.9. The second kappa shape index (κ2) is 6.87. The number of hydrogen-bond acceptors (Lipinski definition) is 4. The Hall–Kier alpha value is -0.910. The smallest absolute Gasteiger partial charge is 0.157 e. The van der Waals surface area contributed by atoms with E-state index < -0.39 is 15.9 Å². The molecule has 0 aliphatic rings. The van der Waals surface area contributed by atoms with Crippen molar-refractivity contribution in [2.75, 3.05) is 18.9 Å². The molecule has 0 spiro atoms. The first-order valence-corrected chi connectivity index (χ1v) is 7.87. The number of benzene rings is 1. The highest BCUT2D eigenvalue weighted by molar-refractivity contribution is 7.90. The molecule has 0 amide bonds. The topological polar surface area (TPSA) is 69.4 Å². The van der Waals surface area contributed by atoms with Gasteiger partial charge in [0.1, 0.15) is 0 Å². The first-order chi connectivity index (χ1) is 8.48. The summed E-state index contributed by atoms with van der Waals surface area (Å²) in [7, 11) is -3.20. The van der Waals surface area contributed by atoms with E-state index in [-0.39, 0.29) is 18.1 Å². The molecule has 1 aromatic rings. The van der Waals surface area contributed by atoms with Gasteiger partial charge in [-0.05, 0) is 25.0 Å². The molecule has 0 aromatic heterocycles. The molecule has 0 fully saturated rings. The van der Waals surface area contributed by atoms with Gasteiger partial charge in [-0.2, -0.15) is 0 Å². The maximum Gasteiger partial charge on any atom is 0.157 e. The molecule has 0 heterocycles. The molecule has 0 aliphatic heterocycles. The van der Waals surface area contributed by atoms with E-state index in [2.05, 4.69) is 0 Å². The van der Waals surface area contributed by atoms with E-state index in [0.717, 1.165) is 11.1 Å². The monoisotopic (exact) mass is 271 g/mol. The van der Waals surface area contributed by atoms with Crippen LogP contribution < -0.4 is 5.73 Å². The van der Waals surface area contributed by atoms with E-state index in [4.69, 9.17) is 10.5 Å². The Morgan fingerprint density at radius 2 is 2.00 bits per heavy atom. The highest BCUT2D eigenvalue weighted by atomic mass is 32.2. The van der Waals surface area contributed by atoms with Gasteiger partial charge in [-0.3, -0.25) is 0 Å². The van der Waals surface area contributed by atoms with Gasteiger partial charge in [-0.1, -0.05) is 24.3 Å². The average Bonchev–Trinajstić information content (AvgIpc) is 2.31. The van der Waals surface area contributed by atoms with Crippen LogP contribution in [0.3, 0.4) is 0 Å². The number of rotatable bonds is 7. The summed E-state index contributed by atoms with van der Waals surface area (Å²) < 4.78 is 29.4. The predicted molar refractivity (Wildman–Crippen MR) is 73.1 cm³/mol. The summed E-state index contributed by atoms with van der Waals surface area (Å²) in [5.74, 6) is 0.0227. The Labute approximate surface area is 109 Å². The number of ether oxygens (including phenoxy) is 1. The molecule has 1 unspecified atom stereocenters. The predicted octanol–water partition coefficient (Wildman–Crippen LogP) is 1.27. The van der Waals surface area contributed by atoms with E-state index >= 15 is 0 Å². The van der Waals surface area contributed by atoms with Crippen molar-refractivity contribution >= 4 is 9.84 Å². The standard InChI is InChI=1S/C13H21NO3S/c1-3-17-13(8-14)10-18(15,16)9-12-7-5-4-6-11(12)2/h4-7,13H,3,8-10,14H2,1-2H3. The van der Waals surface area contributed by atoms with Crippen LogP contribution in [0, 0.1) is 6.92 Å². The fourth-order valence-electron chi connectivity index (χ4n) is 1.77. The molecule has 102 valence electrons.